The average molecular weight is 221 g/mol. The molecule has 0 saturated heterocycles. The SMILES string of the molecule is CC(C)(C)c1ccc2c(F)c(F)ccc2n1. The second-order valence-electron chi connectivity index (χ2n) is 4.87. The number of fused-ring (bicyclic) bond motifs is 1. The van der Waals surface area contributed by atoms with Crippen LogP contribution in [-0.2, 0) is 5.41 Å². The van der Waals surface area contributed by atoms with Gasteiger partial charge in [-0.3, -0.25) is 4.98 Å². The normalized spacial score (nSPS) is 12.1. The highest BCUT2D eigenvalue weighted by atomic mass is 19.2. The van der Waals surface area contributed by atoms with Crippen LogP contribution in [0.1, 0.15) is 26.5 Å². The van der Waals surface area contributed by atoms with Gasteiger partial charge >= 0.3 is 0 Å². The predicted octanol–water partition coefficient (Wildman–Crippen LogP) is 3.81. The minimum Gasteiger partial charge on any atom is -0.252 e. The first-order valence-corrected chi connectivity index (χ1v) is 5.15. The molecule has 0 atom stereocenters. The summed E-state index contributed by atoms with van der Waals surface area (Å²) in [4.78, 5) is 4.34. The topological polar surface area (TPSA) is 12.9 Å². The van der Waals surface area contributed by atoms with E-state index in [9.17, 15) is 8.78 Å². The van der Waals surface area contributed by atoms with Crippen LogP contribution in [-0.4, -0.2) is 4.98 Å². The van der Waals surface area contributed by atoms with Crippen molar-refractivity contribution in [1.29, 1.82) is 0 Å². The number of hydrogen-bond acceptors (Lipinski definition) is 1. The first-order chi connectivity index (χ1) is 7.39. The Bertz CT molecular complexity index is 541. The van der Waals surface area contributed by atoms with Crippen molar-refractivity contribution in [2.45, 2.75) is 26.2 Å². The second-order valence-corrected chi connectivity index (χ2v) is 4.87. The molecule has 0 spiro atoms. The van der Waals surface area contributed by atoms with Crippen molar-refractivity contribution >= 4 is 10.9 Å². The number of aromatic nitrogens is 1. The molecule has 0 radical (unpaired) electrons. The lowest BCUT2D eigenvalue weighted by Gasteiger charge is -2.18. The van der Waals surface area contributed by atoms with Crippen molar-refractivity contribution in [3.05, 3.63) is 41.6 Å². The molecule has 0 bridgehead atoms. The summed E-state index contributed by atoms with van der Waals surface area (Å²) in [6.45, 7) is 6.09. The minimum absolute atomic E-state index is 0.0982. The third kappa shape index (κ3) is 1.77. The van der Waals surface area contributed by atoms with E-state index in [1.807, 2.05) is 20.8 Å². The Morgan fingerprint density at radius 1 is 1.00 bits per heavy atom. The van der Waals surface area contributed by atoms with Crippen LogP contribution in [0.4, 0.5) is 8.78 Å². The molecule has 2 aromatic rings. The van der Waals surface area contributed by atoms with E-state index in [0.29, 0.717) is 5.52 Å². The third-order valence-electron chi connectivity index (χ3n) is 2.53. The lowest BCUT2D eigenvalue weighted by Crippen LogP contribution is -2.13. The molecule has 84 valence electrons. The molecule has 1 nitrogen and oxygen atoms in total. The van der Waals surface area contributed by atoms with E-state index in [1.165, 1.54) is 6.07 Å². The summed E-state index contributed by atoms with van der Waals surface area (Å²) in [5, 5.41) is 0.230. The van der Waals surface area contributed by atoms with Crippen molar-refractivity contribution in [2.75, 3.05) is 0 Å². The molecule has 3 heteroatoms. The van der Waals surface area contributed by atoms with E-state index >= 15 is 0 Å². The van der Waals surface area contributed by atoms with E-state index in [2.05, 4.69) is 4.98 Å². The van der Waals surface area contributed by atoms with Crippen LogP contribution >= 0.6 is 0 Å². The Kier molecular flexibility index (Phi) is 2.41. The summed E-state index contributed by atoms with van der Waals surface area (Å²) in [5.74, 6) is -1.66. The summed E-state index contributed by atoms with van der Waals surface area (Å²) in [6, 6.07) is 5.94. The molecular formula is C13H13F2N. The van der Waals surface area contributed by atoms with Crippen LogP contribution in [0, 0.1) is 11.6 Å². The smallest absolute Gasteiger partial charge is 0.168 e. The van der Waals surface area contributed by atoms with Crippen LogP contribution in [0.15, 0.2) is 24.3 Å². The number of nitrogens with zero attached hydrogens (tertiary/aromatic N) is 1. The zero-order valence-corrected chi connectivity index (χ0v) is 9.51. The first-order valence-electron chi connectivity index (χ1n) is 5.15. The number of benzene rings is 1. The van der Waals surface area contributed by atoms with Crippen LogP contribution in [0.3, 0.4) is 0 Å². The van der Waals surface area contributed by atoms with Gasteiger partial charge in [0.25, 0.3) is 0 Å². The maximum atomic E-state index is 13.4. The molecule has 0 unspecified atom stereocenters. The zero-order chi connectivity index (χ0) is 11.9. The molecule has 0 fully saturated rings. The van der Waals surface area contributed by atoms with Crippen molar-refractivity contribution in [3.63, 3.8) is 0 Å². The fourth-order valence-corrected chi connectivity index (χ4v) is 1.56. The molecular weight excluding hydrogens is 208 g/mol. The molecule has 0 aliphatic rings. The summed E-state index contributed by atoms with van der Waals surface area (Å²) in [6.07, 6.45) is 0. The van der Waals surface area contributed by atoms with Gasteiger partial charge in [0.1, 0.15) is 0 Å². The van der Waals surface area contributed by atoms with Crippen molar-refractivity contribution in [3.8, 4) is 0 Å². The maximum Gasteiger partial charge on any atom is 0.168 e. The molecule has 16 heavy (non-hydrogen) atoms. The monoisotopic (exact) mass is 221 g/mol. The third-order valence-corrected chi connectivity index (χ3v) is 2.53. The Morgan fingerprint density at radius 3 is 2.31 bits per heavy atom. The van der Waals surface area contributed by atoms with E-state index in [0.717, 1.165) is 11.8 Å². The van der Waals surface area contributed by atoms with Crippen LogP contribution in [0.2, 0.25) is 0 Å². The zero-order valence-electron chi connectivity index (χ0n) is 9.51. The van der Waals surface area contributed by atoms with Gasteiger partial charge in [-0.15, -0.1) is 0 Å². The second kappa shape index (κ2) is 3.51. The molecule has 1 aromatic carbocycles. The molecule has 1 heterocycles. The van der Waals surface area contributed by atoms with Crippen LogP contribution < -0.4 is 0 Å². The highest BCUT2D eigenvalue weighted by Gasteiger charge is 2.16. The van der Waals surface area contributed by atoms with Gasteiger partial charge < -0.3 is 0 Å². The molecule has 0 saturated carbocycles. The Hall–Kier alpha value is -1.51. The molecule has 0 aliphatic heterocycles. The fourth-order valence-electron chi connectivity index (χ4n) is 1.56. The lowest BCUT2D eigenvalue weighted by molar-refractivity contribution is 0.516. The summed E-state index contributed by atoms with van der Waals surface area (Å²) >= 11 is 0. The fraction of sp³-hybridized carbons (Fsp3) is 0.308. The lowest BCUT2D eigenvalue weighted by atomic mass is 9.91. The van der Waals surface area contributed by atoms with Crippen molar-refractivity contribution < 1.29 is 8.78 Å². The number of hydrogen-bond donors (Lipinski definition) is 0. The molecule has 0 aliphatic carbocycles. The Morgan fingerprint density at radius 2 is 1.69 bits per heavy atom. The number of halogens is 2. The number of rotatable bonds is 0. The van der Waals surface area contributed by atoms with Gasteiger partial charge in [-0.05, 0) is 24.3 Å². The van der Waals surface area contributed by atoms with E-state index < -0.39 is 11.6 Å². The van der Waals surface area contributed by atoms with E-state index in [-0.39, 0.29) is 10.8 Å². The van der Waals surface area contributed by atoms with Crippen molar-refractivity contribution in [2.24, 2.45) is 0 Å². The van der Waals surface area contributed by atoms with Gasteiger partial charge in [0.05, 0.1) is 5.52 Å². The van der Waals surface area contributed by atoms with Gasteiger partial charge in [-0.25, -0.2) is 8.78 Å². The summed E-state index contributed by atoms with van der Waals surface area (Å²) in [7, 11) is 0. The summed E-state index contributed by atoms with van der Waals surface area (Å²) < 4.78 is 26.4. The van der Waals surface area contributed by atoms with Gasteiger partial charge in [0, 0.05) is 16.5 Å². The minimum atomic E-state index is -0.835. The first kappa shape index (κ1) is 11.0. The average Bonchev–Trinajstić information content (AvgIpc) is 2.22. The van der Waals surface area contributed by atoms with Crippen molar-refractivity contribution in [1.82, 2.24) is 4.98 Å². The Labute approximate surface area is 93.1 Å². The predicted molar refractivity (Wildman–Crippen MR) is 60.4 cm³/mol. The van der Waals surface area contributed by atoms with E-state index in [1.54, 1.807) is 12.1 Å². The van der Waals surface area contributed by atoms with Gasteiger partial charge in [0.2, 0.25) is 0 Å². The number of pyridine rings is 1. The van der Waals surface area contributed by atoms with Gasteiger partial charge in [-0.1, -0.05) is 20.8 Å². The quantitative estimate of drug-likeness (QED) is 0.659. The van der Waals surface area contributed by atoms with Gasteiger partial charge in [-0.2, -0.15) is 0 Å². The van der Waals surface area contributed by atoms with Crippen LogP contribution in [0.5, 0.6) is 0 Å². The largest absolute Gasteiger partial charge is 0.252 e. The molecule has 0 amide bonds. The summed E-state index contributed by atoms with van der Waals surface area (Å²) in [5.41, 5.74) is 1.26. The van der Waals surface area contributed by atoms with Crippen LogP contribution in [0.25, 0.3) is 10.9 Å². The Balaban J connectivity index is 2.70. The molecule has 0 N–H and O–H groups in total. The van der Waals surface area contributed by atoms with Gasteiger partial charge in [0.15, 0.2) is 11.6 Å². The van der Waals surface area contributed by atoms with E-state index in [4.69, 9.17) is 0 Å². The standard InChI is InChI=1S/C13H13F2N/c1-13(2,3)11-7-4-8-10(16-11)6-5-9(14)12(8)15/h4-7H,1-3H3. The maximum absolute atomic E-state index is 13.4. The molecule has 1 aromatic heterocycles. The molecule has 2 rings (SSSR count). The highest BCUT2D eigenvalue weighted by molar-refractivity contribution is 5.79. The highest BCUT2D eigenvalue weighted by Crippen LogP contribution is 2.24.